The van der Waals surface area contributed by atoms with Gasteiger partial charge in [0, 0.05) is 41.7 Å². The molecule has 2 aromatic carbocycles. The van der Waals surface area contributed by atoms with Crippen LogP contribution in [-0.4, -0.2) is 56.0 Å². The number of carbonyl (C=O) groups excluding carboxylic acids is 3. The molecule has 3 amide bonds. The normalized spacial score (nSPS) is 16.4. The van der Waals surface area contributed by atoms with E-state index in [9.17, 15) is 28.9 Å². The number of non-ortho nitro benzene ring substituents is 1. The average Bonchev–Trinajstić information content (AvgIpc) is 3.25. The fourth-order valence-corrected chi connectivity index (χ4v) is 5.02. The van der Waals surface area contributed by atoms with Gasteiger partial charge in [-0.3, -0.25) is 29.2 Å². The van der Waals surface area contributed by atoms with Crippen molar-refractivity contribution in [2.75, 3.05) is 6.54 Å². The van der Waals surface area contributed by atoms with Gasteiger partial charge in [0.1, 0.15) is 12.4 Å². The SMILES string of the molecule is CCCc1ccc(CNC(=O)CN(C(=O)Cn2nc(C(N)=O)c3cc([N+](=O)[O-])ccc32)C2CC(N)C2)c(F)c1Cl. The summed E-state index contributed by atoms with van der Waals surface area (Å²) in [5, 5.41) is 18.1. The van der Waals surface area contributed by atoms with Gasteiger partial charge in [0.25, 0.3) is 11.6 Å². The molecular formula is C26H29ClFN7O5. The van der Waals surface area contributed by atoms with Crippen LogP contribution in [0.3, 0.4) is 0 Å². The van der Waals surface area contributed by atoms with E-state index in [4.69, 9.17) is 23.1 Å². The van der Waals surface area contributed by atoms with Crippen molar-refractivity contribution >= 4 is 45.9 Å². The number of benzene rings is 2. The number of nitrogens with two attached hydrogens (primary N) is 2. The van der Waals surface area contributed by atoms with Crippen LogP contribution in [0.25, 0.3) is 10.9 Å². The van der Waals surface area contributed by atoms with E-state index in [0.29, 0.717) is 30.3 Å². The smallest absolute Gasteiger partial charge is 0.270 e. The zero-order valence-corrected chi connectivity index (χ0v) is 22.5. The Morgan fingerprint density at radius 3 is 2.58 bits per heavy atom. The third kappa shape index (κ3) is 6.05. The maximum atomic E-state index is 14.7. The van der Waals surface area contributed by atoms with Gasteiger partial charge < -0.3 is 21.7 Å². The number of primary amides is 1. The van der Waals surface area contributed by atoms with Crippen LogP contribution in [-0.2, 0) is 29.1 Å². The van der Waals surface area contributed by atoms with E-state index in [2.05, 4.69) is 10.4 Å². The van der Waals surface area contributed by atoms with Crippen molar-refractivity contribution in [2.24, 2.45) is 11.5 Å². The number of hydrogen-bond acceptors (Lipinski definition) is 7. The van der Waals surface area contributed by atoms with Crippen molar-refractivity contribution in [1.29, 1.82) is 0 Å². The minimum absolute atomic E-state index is 0.0287. The molecule has 1 aliphatic carbocycles. The van der Waals surface area contributed by atoms with E-state index in [1.165, 1.54) is 27.8 Å². The molecule has 0 spiro atoms. The summed E-state index contributed by atoms with van der Waals surface area (Å²) >= 11 is 6.14. The van der Waals surface area contributed by atoms with Crippen LogP contribution in [0.2, 0.25) is 5.02 Å². The summed E-state index contributed by atoms with van der Waals surface area (Å²) in [5.41, 5.74) is 12.1. The summed E-state index contributed by atoms with van der Waals surface area (Å²) < 4.78 is 15.9. The number of rotatable bonds is 11. The molecule has 14 heteroatoms. The molecule has 1 fully saturated rings. The number of aryl methyl sites for hydroxylation is 1. The van der Waals surface area contributed by atoms with Crippen LogP contribution in [0.15, 0.2) is 30.3 Å². The first-order valence-electron chi connectivity index (χ1n) is 12.7. The Morgan fingerprint density at radius 1 is 1.25 bits per heavy atom. The van der Waals surface area contributed by atoms with E-state index in [0.717, 1.165) is 6.42 Å². The van der Waals surface area contributed by atoms with Crippen LogP contribution >= 0.6 is 11.6 Å². The molecule has 0 aliphatic heterocycles. The molecule has 40 heavy (non-hydrogen) atoms. The minimum atomic E-state index is -0.909. The molecule has 3 aromatic rings. The second-order valence-electron chi connectivity index (χ2n) is 9.77. The fraction of sp³-hybridized carbons (Fsp3) is 0.385. The summed E-state index contributed by atoms with van der Waals surface area (Å²) in [6, 6.07) is 6.66. The van der Waals surface area contributed by atoms with Crippen molar-refractivity contribution < 1.29 is 23.7 Å². The molecule has 1 heterocycles. The number of nitrogens with zero attached hydrogens (tertiary/aromatic N) is 4. The van der Waals surface area contributed by atoms with Gasteiger partial charge in [-0.05, 0) is 30.9 Å². The summed E-state index contributed by atoms with van der Waals surface area (Å²) in [7, 11) is 0. The van der Waals surface area contributed by atoms with Crippen molar-refractivity contribution in [3.8, 4) is 0 Å². The van der Waals surface area contributed by atoms with Crippen LogP contribution in [0.4, 0.5) is 10.1 Å². The quantitative estimate of drug-likeness (QED) is 0.233. The molecule has 0 saturated heterocycles. The molecule has 0 radical (unpaired) electrons. The number of fused-ring (bicyclic) bond motifs is 1. The third-order valence-electron chi connectivity index (χ3n) is 6.93. The van der Waals surface area contributed by atoms with Crippen molar-refractivity contribution in [1.82, 2.24) is 20.0 Å². The molecule has 1 aromatic heterocycles. The lowest BCUT2D eigenvalue weighted by Crippen LogP contribution is -2.55. The van der Waals surface area contributed by atoms with E-state index in [1.54, 1.807) is 12.1 Å². The Kier molecular flexibility index (Phi) is 8.64. The Morgan fingerprint density at radius 2 is 1.95 bits per heavy atom. The number of nitrogens with one attached hydrogen (secondary N) is 1. The molecule has 212 valence electrons. The van der Waals surface area contributed by atoms with E-state index in [-0.39, 0.29) is 59.1 Å². The molecule has 0 atom stereocenters. The largest absolute Gasteiger partial charge is 0.364 e. The van der Waals surface area contributed by atoms with Crippen LogP contribution in [0.1, 0.15) is 47.8 Å². The van der Waals surface area contributed by atoms with Gasteiger partial charge in [-0.15, -0.1) is 0 Å². The highest BCUT2D eigenvalue weighted by atomic mass is 35.5. The molecule has 0 bridgehead atoms. The van der Waals surface area contributed by atoms with Crippen LogP contribution in [0.5, 0.6) is 0 Å². The Labute approximate surface area is 233 Å². The second-order valence-corrected chi connectivity index (χ2v) is 10.2. The number of aromatic nitrogens is 2. The molecule has 4 rings (SSSR count). The molecule has 0 unspecified atom stereocenters. The number of amides is 3. The van der Waals surface area contributed by atoms with E-state index >= 15 is 0 Å². The predicted molar refractivity (Wildman–Crippen MR) is 145 cm³/mol. The van der Waals surface area contributed by atoms with Crippen molar-refractivity contribution in [2.45, 2.75) is 57.8 Å². The third-order valence-corrected chi connectivity index (χ3v) is 7.33. The van der Waals surface area contributed by atoms with Gasteiger partial charge in [-0.1, -0.05) is 37.1 Å². The van der Waals surface area contributed by atoms with E-state index in [1.807, 2.05) is 6.92 Å². The summed E-state index contributed by atoms with van der Waals surface area (Å²) in [5.74, 6) is -2.50. The van der Waals surface area contributed by atoms with E-state index < -0.39 is 28.5 Å². The molecule has 12 nitrogen and oxygen atoms in total. The van der Waals surface area contributed by atoms with Crippen molar-refractivity contribution in [3.63, 3.8) is 0 Å². The van der Waals surface area contributed by atoms with Gasteiger partial charge >= 0.3 is 0 Å². The van der Waals surface area contributed by atoms with Gasteiger partial charge in [-0.25, -0.2) is 4.39 Å². The highest BCUT2D eigenvalue weighted by molar-refractivity contribution is 6.31. The first-order chi connectivity index (χ1) is 19.0. The van der Waals surface area contributed by atoms with Gasteiger partial charge in [0.05, 0.1) is 22.0 Å². The first kappa shape index (κ1) is 28.9. The maximum absolute atomic E-state index is 14.7. The number of carbonyl (C=O) groups is 3. The molecular weight excluding hydrogens is 545 g/mol. The summed E-state index contributed by atoms with van der Waals surface area (Å²) in [6.07, 6.45) is 2.41. The number of hydrogen-bond donors (Lipinski definition) is 3. The zero-order valence-electron chi connectivity index (χ0n) is 21.7. The lowest BCUT2D eigenvalue weighted by atomic mass is 9.86. The second kappa shape index (κ2) is 12.0. The number of nitro benzene ring substituents is 1. The average molecular weight is 574 g/mol. The van der Waals surface area contributed by atoms with Crippen LogP contribution < -0.4 is 16.8 Å². The topological polar surface area (TPSA) is 179 Å². The monoisotopic (exact) mass is 573 g/mol. The standard InChI is InChI=1S/C26H29ClFN7O5/c1-2-3-14-4-5-15(24(28)23(14)27)11-31-21(36)12-33(18-8-16(29)9-18)22(37)13-34-20-7-6-17(35(39)40)10-19(20)25(32-34)26(30)38/h4-7,10,16,18H,2-3,8-9,11-13,29H2,1H3,(H2,30,38)(H,31,36). The Bertz CT molecular complexity index is 1490. The van der Waals surface area contributed by atoms with Crippen LogP contribution in [0, 0.1) is 15.9 Å². The Hall–Kier alpha value is -4.10. The molecule has 1 saturated carbocycles. The Balaban J connectivity index is 1.50. The van der Waals surface area contributed by atoms with Gasteiger partial charge in [-0.2, -0.15) is 5.10 Å². The zero-order chi connectivity index (χ0) is 29.1. The first-order valence-corrected chi connectivity index (χ1v) is 13.1. The van der Waals surface area contributed by atoms with Gasteiger partial charge in [0.2, 0.25) is 11.8 Å². The summed E-state index contributed by atoms with van der Waals surface area (Å²) in [6.45, 7) is 1.17. The maximum Gasteiger partial charge on any atom is 0.270 e. The number of halogens is 2. The lowest BCUT2D eigenvalue weighted by Gasteiger charge is -2.41. The highest BCUT2D eigenvalue weighted by Crippen LogP contribution is 2.27. The highest BCUT2D eigenvalue weighted by Gasteiger charge is 2.35. The predicted octanol–water partition coefficient (Wildman–Crippen LogP) is 2.42. The van der Waals surface area contributed by atoms with Gasteiger partial charge in [0.15, 0.2) is 5.69 Å². The lowest BCUT2D eigenvalue weighted by molar-refractivity contribution is -0.384. The molecule has 1 aliphatic rings. The summed E-state index contributed by atoms with van der Waals surface area (Å²) in [4.78, 5) is 50.1. The fourth-order valence-electron chi connectivity index (χ4n) is 4.74. The van der Waals surface area contributed by atoms with Crippen molar-refractivity contribution in [3.05, 3.63) is 68.1 Å². The minimum Gasteiger partial charge on any atom is -0.364 e. The number of nitro groups is 1. The molecule has 5 N–H and O–H groups in total.